The minimum absolute atomic E-state index is 0.0581. The van der Waals surface area contributed by atoms with Crippen molar-refractivity contribution in [3.63, 3.8) is 0 Å². The molecule has 0 aromatic carbocycles. The Labute approximate surface area is 117 Å². The second kappa shape index (κ2) is 6.36. The van der Waals surface area contributed by atoms with Gasteiger partial charge in [0.15, 0.2) is 0 Å². The molecule has 3 N–H and O–H groups in total. The fraction of sp³-hybridized carbons (Fsp3) is 0.500. The van der Waals surface area contributed by atoms with Crippen molar-refractivity contribution in [3.05, 3.63) is 30.1 Å². The first-order chi connectivity index (χ1) is 9.56. The van der Waals surface area contributed by atoms with E-state index in [4.69, 9.17) is 5.11 Å². The number of hydrogen-bond donors (Lipinski definition) is 3. The molecule has 0 aliphatic heterocycles. The largest absolute Gasteiger partial charge is 0.481 e. The Bertz CT molecular complexity index is 478. The average Bonchev–Trinajstić information content (AvgIpc) is 2.88. The lowest BCUT2D eigenvalue weighted by atomic mass is 10.1. The summed E-state index contributed by atoms with van der Waals surface area (Å²) in [5, 5.41) is 14.6. The molecule has 0 spiro atoms. The Morgan fingerprint density at radius 1 is 1.45 bits per heavy atom. The highest BCUT2D eigenvalue weighted by atomic mass is 16.4. The second-order valence-corrected chi connectivity index (χ2v) is 5.17. The van der Waals surface area contributed by atoms with Gasteiger partial charge in [0.2, 0.25) is 0 Å². The molecular weight excluding hydrogens is 258 g/mol. The summed E-state index contributed by atoms with van der Waals surface area (Å²) in [6.07, 6.45) is 5.23. The predicted octanol–water partition coefficient (Wildman–Crippen LogP) is 1.70. The lowest BCUT2D eigenvalue weighted by Crippen LogP contribution is -2.42. The first kappa shape index (κ1) is 14.3. The SMILES string of the molecule is CC(NC(=O)N[C@H]1CC[C@@H](C(=O)O)C1)c1cccnc1. The Morgan fingerprint density at radius 2 is 2.25 bits per heavy atom. The standard InChI is InChI=1S/C14H19N3O3/c1-9(11-3-2-6-15-8-11)16-14(20)17-12-5-4-10(7-12)13(18)19/h2-3,6,8-10,12H,4-5,7H2,1H3,(H,18,19)(H2,16,17,20)/t9?,10-,12+/m1/s1. The van der Waals surface area contributed by atoms with E-state index in [1.165, 1.54) is 0 Å². The van der Waals surface area contributed by atoms with Crippen LogP contribution in [-0.4, -0.2) is 28.1 Å². The zero-order valence-corrected chi connectivity index (χ0v) is 11.4. The highest BCUT2D eigenvalue weighted by Gasteiger charge is 2.30. The van der Waals surface area contributed by atoms with Crippen molar-refractivity contribution in [1.82, 2.24) is 15.6 Å². The highest BCUT2D eigenvalue weighted by molar-refractivity contribution is 5.75. The molecular formula is C14H19N3O3. The van der Waals surface area contributed by atoms with E-state index in [1.807, 2.05) is 19.1 Å². The summed E-state index contributed by atoms with van der Waals surface area (Å²) in [4.78, 5) is 26.7. The van der Waals surface area contributed by atoms with Gasteiger partial charge in [0.1, 0.15) is 0 Å². The van der Waals surface area contributed by atoms with E-state index in [2.05, 4.69) is 15.6 Å². The number of aromatic nitrogens is 1. The van der Waals surface area contributed by atoms with Crippen molar-refractivity contribution in [3.8, 4) is 0 Å². The molecule has 1 unspecified atom stereocenters. The van der Waals surface area contributed by atoms with Gasteiger partial charge < -0.3 is 15.7 Å². The van der Waals surface area contributed by atoms with E-state index in [0.29, 0.717) is 19.3 Å². The molecule has 6 heteroatoms. The third-order valence-corrected chi connectivity index (χ3v) is 3.65. The van der Waals surface area contributed by atoms with Crippen molar-refractivity contribution in [2.45, 2.75) is 38.3 Å². The number of carboxylic acids is 1. The molecule has 2 rings (SSSR count). The van der Waals surface area contributed by atoms with Gasteiger partial charge in [-0.3, -0.25) is 9.78 Å². The molecule has 1 fully saturated rings. The minimum Gasteiger partial charge on any atom is -0.481 e. The van der Waals surface area contributed by atoms with Gasteiger partial charge in [0.25, 0.3) is 0 Å². The first-order valence-corrected chi connectivity index (χ1v) is 6.76. The molecule has 3 atom stereocenters. The van der Waals surface area contributed by atoms with Crippen LogP contribution in [0.2, 0.25) is 0 Å². The zero-order chi connectivity index (χ0) is 14.5. The van der Waals surface area contributed by atoms with Crippen molar-refractivity contribution < 1.29 is 14.7 Å². The van der Waals surface area contributed by atoms with E-state index in [0.717, 1.165) is 5.56 Å². The van der Waals surface area contributed by atoms with E-state index >= 15 is 0 Å². The maximum atomic E-state index is 11.9. The van der Waals surface area contributed by atoms with Crippen LogP contribution in [0.4, 0.5) is 4.79 Å². The third-order valence-electron chi connectivity index (χ3n) is 3.65. The van der Waals surface area contributed by atoms with Crippen molar-refractivity contribution in [2.24, 2.45) is 5.92 Å². The average molecular weight is 277 g/mol. The maximum Gasteiger partial charge on any atom is 0.315 e. The molecule has 1 aliphatic rings. The number of nitrogens with one attached hydrogen (secondary N) is 2. The van der Waals surface area contributed by atoms with Crippen LogP contribution in [0.25, 0.3) is 0 Å². The molecule has 1 aromatic rings. The maximum absolute atomic E-state index is 11.9. The molecule has 108 valence electrons. The van der Waals surface area contributed by atoms with Gasteiger partial charge in [-0.2, -0.15) is 0 Å². The Kier molecular flexibility index (Phi) is 4.55. The summed E-state index contributed by atoms with van der Waals surface area (Å²) >= 11 is 0. The number of hydrogen-bond acceptors (Lipinski definition) is 3. The van der Waals surface area contributed by atoms with Gasteiger partial charge in [-0.25, -0.2) is 4.79 Å². The zero-order valence-electron chi connectivity index (χ0n) is 11.4. The molecule has 0 bridgehead atoms. The Morgan fingerprint density at radius 3 is 2.85 bits per heavy atom. The lowest BCUT2D eigenvalue weighted by Gasteiger charge is -2.17. The van der Waals surface area contributed by atoms with Crippen LogP contribution in [0.3, 0.4) is 0 Å². The molecule has 0 radical (unpaired) electrons. The minimum atomic E-state index is -0.779. The van der Waals surface area contributed by atoms with Gasteiger partial charge in [-0.1, -0.05) is 6.07 Å². The van der Waals surface area contributed by atoms with Crippen LogP contribution in [0.1, 0.15) is 37.8 Å². The normalized spacial score (nSPS) is 23.1. The number of pyridine rings is 1. The van der Waals surface area contributed by atoms with Crippen LogP contribution in [0.15, 0.2) is 24.5 Å². The molecule has 1 aromatic heterocycles. The summed E-state index contributed by atoms with van der Waals surface area (Å²) in [5.41, 5.74) is 0.928. The smallest absolute Gasteiger partial charge is 0.315 e. The Hall–Kier alpha value is -2.11. The molecule has 1 saturated carbocycles. The summed E-state index contributed by atoms with van der Waals surface area (Å²) in [6.45, 7) is 1.88. The van der Waals surface area contributed by atoms with Crippen LogP contribution >= 0.6 is 0 Å². The second-order valence-electron chi connectivity index (χ2n) is 5.17. The fourth-order valence-corrected chi connectivity index (χ4v) is 2.48. The lowest BCUT2D eigenvalue weighted by molar-refractivity contribution is -0.141. The van der Waals surface area contributed by atoms with Gasteiger partial charge in [-0.15, -0.1) is 0 Å². The van der Waals surface area contributed by atoms with E-state index in [1.54, 1.807) is 12.4 Å². The first-order valence-electron chi connectivity index (χ1n) is 6.76. The quantitative estimate of drug-likeness (QED) is 0.781. The molecule has 1 aliphatic carbocycles. The topological polar surface area (TPSA) is 91.3 Å². The van der Waals surface area contributed by atoms with E-state index in [-0.39, 0.29) is 24.0 Å². The van der Waals surface area contributed by atoms with E-state index in [9.17, 15) is 9.59 Å². The number of nitrogens with zero attached hydrogens (tertiary/aromatic N) is 1. The third kappa shape index (κ3) is 3.69. The predicted molar refractivity (Wildman–Crippen MR) is 73.1 cm³/mol. The molecule has 20 heavy (non-hydrogen) atoms. The summed E-state index contributed by atoms with van der Waals surface area (Å²) in [7, 11) is 0. The molecule has 2 amide bonds. The van der Waals surface area contributed by atoms with Crippen LogP contribution < -0.4 is 10.6 Å². The Balaban J connectivity index is 1.80. The number of carboxylic acid groups (broad SMARTS) is 1. The number of carbonyl (C=O) groups excluding carboxylic acids is 1. The number of rotatable bonds is 4. The van der Waals surface area contributed by atoms with E-state index < -0.39 is 5.97 Å². The summed E-state index contributed by atoms with van der Waals surface area (Å²) < 4.78 is 0. The monoisotopic (exact) mass is 277 g/mol. The van der Waals surface area contributed by atoms with Crippen molar-refractivity contribution in [2.75, 3.05) is 0 Å². The fourth-order valence-electron chi connectivity index (χ4n) is 2.48. The molecule has 0 saturated heterocycles. The van der Waals surface area contributed by atoms with Crippen molar-refractivity contribution in [1.29, 1.82) is 0 Å². The van der Waals surface area contributed by atoms with Crippen LogP contribution in [-0.2, 0) is 4.79 Å². The van der Waals surface area contributed by atoms with Crippen LogP contribution in [0.5, 0.6) is 0 Å². The van der Waals surface area contributed by atoms with Gasteiger partial charge in [-0.05, 0) is 37.8 Å². The number of urea groups is 1. The molecule has 6 nitrogen and oxygen atoms in total. The van der Waals surface area contributed by atoms with Gasteiger partial charge in [0.05, 0.1) is 12.0 Å². The molecule has 1 heterocycles. The van der Waals surface area contributed by atoms with Gasteiger partial charge in [0, 0.05) is 18.4 Å². The van der Waals surface area contributed by atoms with Crippen molar-refractivity contribution >= 4 is 12.0 Å². The number of amides is 2. The summed E-state index contributed by atoms with van der Waals surface area (Å²) in [6, 6.07) is 3.25. The highest BCUT2D eigenvalue weighted by Crippen LogP contribution is 2.25. The number of aliphatic carboxylic acids is 1. The van der Waals surface area contributed by atoms with Crippen LogP contribution in [0, 0.1) is 5.92 Å². The number of carbonyl (C=O) groups is 2. The van der Waals surface area contributed by atoms with Gasteiger partial charge >= 0.3 is 12.0 Å². The summed E-state index contributed by atoms with van der Waals surface area (Å²) in [5.74, 6) is -1.12.